The smallest absolute Gasteiger partial charge is 0.331 e. The van der Waals surface area contributed by atoms with Gasteiger partial charge in [-0.25, -0.2) is 4.79 Å². The van der Waals surface area contributed by atoms with E-state index in [4.69, 9.17) is 5.11 Å². The molecule has 0 saturated carbocycles. The summed E-state index contributed by atoms with van der Waals surface area (Å²) < 4.78 is 4.51. The van der Waals surface area contributed by atoms with Gasteiger partial charge in [0.25, 0.3) is 0 Å². The molecule has 0 amide bonds. The van der Waals surface area contributed by atoms with E-state index in [1.807, 2.05) is 4.90 Å². The fourth-order valence-corrected chi connectivity index (χ4v) is 1.48. The number of hydrogen-bond acceptors (Lipinski definition) is 4. The SMILES string of the molecule is CCC(CC)N(C=CC(=O)OC)CCO. The Bertz CT molecular complexity index is 200. The molecule has 0 atom stereocenters. The van der Waals surface area contributed by atoms with Crippen molar-refractivity contribution in [3.05, 3.63) is 12.3 Å². The molecule has 0 aromatic carbocycles. The molecule has 4 heteroatoms. The lowest BCUT2D eigenvalue weighted by Gasteiger charge is -2.28. The predicted octanol–water partition coefficient (Wildman–Crippen LogP) is 1.16. The average Bonchev–Trinajstić information content (AvgIpc) is 2.26. The van der Waals surface area contributed by atoms with Crippen LogP contribution in [0.15, 0.2) is 12.3 Å². The van der Waals surface area contributed by atoms with Crippen LogP contribution in [0.25, 0.3) is 0 Å². The van der Waals surface area contributed by atoms with Gasteiger partial charge in [-0.05, 0) is 12.8 Å². The molecule has 0 heterocycles. The maximum absolute atomic E-state index is 10.9. The van der Waals surface area contributed by atoms with E-state index >= 15 is 0 Å². The summed E-state index contributed by atoms with van der Waals surface area (Å²) in [6.45, 7) is 4.80. The van der Waals surface area contributed by atoms with E-state index in [-0.39, 0.29) is 12.6 Å². The average molecular weight is 215 g/mol. The van der Waals surface area contributed by atoms with Gasteiger partial charge in [-0.2, -0.15) is 0 Å². The zero-order valence-corrected chi connectivity index (χ0v) is 9.77. The van der Waals surface area contributed by atoms with E-state index in [1.165, 1.54) is 13.2 Å². The van der Waals surface area contributed by atoms with Crippen LogP contribution in [0.4, 0.5) is 0 Å². The summed E-state index contributed by atoms with van der Waals surface area (Å²) in [5.74, 6) is -0.371. The largest absolute Gasteiger partial charge is 0.466 e. The van der Waals surface area contributed by atoms with Crippen LogP contribution in [-0.2, 0) is 9.53 Å². The highest BCUT2D eigenvalue weighted by atomic mass is 16.5. The minimum absolute atomic E-state index is 0.0853. The Labute approximate surface area is 91.5 Å². The van der Waals surface area contributed by atoms with E-state index in [0.29, 0.717) is 12.6 Å². The highest BCUT2D eigenvalue weighted by Crippen LogP contribution is 2.08. The second kappa shape index (κ2) is 8.29. The topological polar surface area (TPSA) is 49.8 Å². The van der Waals surface area contributed by atoms with Crippen LogP contribution < -0.4 is 0 Å². The van der Waals surface area contributed by atoms with Gasteiger partial charge in [0.15, 0.2) is 0 Å². The standard InChI is InChI=1S/C11H21NO3/c1-4-10(5-2)12(8-9-13)7-6-11(14)15-3/h6-7,10,13H,4-5,8-9H2,1-3H3. The van der Waals surface area contributed by atoms with Crippen LogP contribution in [0.3, 0.4) is 0 Å². The van der Waals surface area contributed by atoms with Gasteiger partial charge in [0.2, 0.25) is 0 Å². The Morgan fingerprint density at radius 3 is 2.47 bits per heavy atom. The number of hydrogen-bond donors (Lipinski definition) is 1. The Morgan fingerprint density at radius 2 is 2.07 bits per heavy atom. The van der Waals surface area contributed by atoms with Crippen molar-refractivity contribution in [3.8, 4) is 0 Å². The molecule has 0 fully saturated rings. The van der Waals surface area contributed by atoms with Crippen LogP contribution >= 0.6 is 0 Å². The Kier molecular flexibility index (Phi) is 7.72. The summed E-state index contributed by atoms with van der Waals surface area (Å²) in [5.41, 5.74) is 0. The van der Waals surface area contributed by atoms with E-state index in [0.717, 1.165) is 12.8 Å². The van der Waals surface area contributed by atoms with Gasteiger partial charge < -0.3 is 14.7 Å². The van der Waals surface area contributed by atoms with Gasteiger partial charge in [-0.1, -0.05) is 13.8 Å². The van der Waals surface area contributed by atoms with E-state index in [9.17, 15) is 4.79 Å². The van der Waals surface area contributed by atoms with E-state index in [2.05, 4.69) is 18.6 Å². The first-order valence-corrected chi connectivity index (χ1v) is 5.32. The zero-order chi connectivity index (χ0) is 11.7. The molecule has 0 unspecified atom stereocenters. The first-order chi connectivity index (χ1) is 7.19. The number of aliphatic hydroxyl groups is 1. The quantitative estimate of drug-likeness (QED) is 0.511. The maximum Gasteiger partial charge on any atom is 0.331 e. The molecule has 0 saturated heterocycles. The van der Waals surface area contributed by atoms with Crippen molar-refractivity contribution in [3.63, 3.8) is 0 Å². The highest BCUT2D eigenvalue weighted by Gasteiger charge is 2.10. The summed E-state index contributed by atoms with van der Waals surface area (Å²) in [5, 5.41) is 8.91. The van der Waals surface area contributed by atoms with Crippen molar-refractivity contribution in [2.75, 3.05) is 20.3 Å². The second-order valence-corrected chi connectivity index (χ2v) is 3.27. The van der Waals surface area contributed by atoms with E-state index < -0.39 is 0 Å². The van der Waals surface area contributed by atoms with Gasteiger partial charge in [-0.3, -0.25) is 0 Å². The Balaban J connectivity index is 4.37. The third-order valence-corrected chi connectivity index (χ3v) is 2.37. The Hall–Kier alpha value is -1.03. The number of rotatable bonds is 7. The van der Waals surface area contributed by atoms with Gasteiger partial charge in [0.05, 0.1) is 13.7 Å². The van der Waals surface area contributed by atoms with Crippen LogP contribution in [0.5, 0.6) is 0 Å². The molecule has 0 radical (unpaired) electrons. The summed E-state index contributed by atoms with van der Waals surface area (Å²) in [6, 6.07) is 0.359. The van der Waals surface area contributed by atoms with E-state index in [1.54, 1.807) is 6.20 Å². The number of esters is 1. The maximum atomic E-state index is 10.9. The van der Waals surface area contributed by atoms with Crippen molar-refractivity contribution in [1.29, 1.82) is 0 Å². The first kappa shape index (κ1) is 14.0. The highest BCUT2D eigenvalue weighted by molar-refractivity contribution is 5.81. The lowest BCUT2D eigenvalue weighted by molar-refractivity contribution is -0.134. The van der Waals surface area contributed by atoms with Crippen molar-refractivity contribution in [2.45, 2.75) is 32.7 Å². The van der Waals surface area contributed by atoms with Crippen LogP contribution in [-0.4, -0.2) is 42.3 Å². The number of carbonyl (C=O) groups excluding carboxylic acids is 1. The fraction of sp³-hybridized carbons (Fsp3) is 0.727. The first-order valence-electron chi connectivity index (χ1n) is 5.32. The van der Waals surface area contributed by atoms with Crippen molar-refractivity contribution >= 4 is 5.97 Å². The number of aliphatic hydroxyl groups excluding tert-OH is 1. The third-order valence-electron chi connectivity index (χ3n) is 2.37. The molecular weight excluding hydrogens is 194 g/mol. The molecule has 4 nitrogen and oxygen atoms in total. The van der Waals surface area contributed by atoms with Crippen LogP contribution in [0.2, 0.25) is 0 Å². The van der Waals surface area contributed by atoms with Gasteiger partial charge in [0.1, 0.15) is 0 Å². The molecule has 1 N–H and O–H groups in total. The number of methoxy groups -OCH3 is 1. The molecule has 0 aliphatic rings. The molecule has 0 aromatic rings. The summed E-state index contributed by atoms with van der Waals surface area (Å²) in [6.07, 6.45) is 5.05. The van der Waals surface area contributed by atoms with Gasteiger partial charge in [-0.15, -0.1) is 0 Å². The van der Waals surface area contributed by atoms with Gasteiger partial charge >= 0.3 is 5.97 Å². The lowest BCUT2D eigenvalue weighted by Crippen LogP contribution is -2.32. The summed E-state index contributed by atoms with van der Waals surface area (Å²) >= 11 is 0. The molecule has 88 valence electrons. The molecule has 0 spiro atoms. The third kappa shape index (κ3) is 5.42. The summed E-state index contributed by atoms with van der Waals surface area (Å²) in [4.78, 5) is 12.9. The molecule has 0 aliphatic heterocycles. The molecule has 0 bridgehead atoms. The minimum atomic E-state index is -0.371. The number of carbonyl (C=O) groups is 1. The predicted molar refractivity (Wildman–Crippen MR) is 59.3 cm³/mol. The molecule has 15 heavy (non-hydrogen) atoms. The normalized spacial score (nSPS) is 11.0. The molecule has 0 aromatic heterocycles. The lowest BCUT2D eigenvalue weighted by atomic mass is 10.1. The monoisotopic (exact) mass is 215 g/mol. The Morgan fingerprint density at radius 1 is 1.47 bits per heavy atom. The zero-order valence-electron chi connectivity index (χ0n) is 9.77. The van der Waals surface area contributed by atoms with Crippen LogP contribution in [0, 0.1) is 0 Å². The number of nitrogens with zero attached hydrogens (tertiary/aromatic N) is 1. The molecular formula is C11H21NO3. The van der Waals surface area contributed by atoms with Gasteiger partial charge in [0, 0.05) is 24.9 Å². The fourth-order valence-electron chi connectivity index (χ4n) is 1.48. The molecule has 0 aliphatic carbocycles. The number of ether oxygens (including phenoxy) is 1. The minimum Gasteiger partial charge on any atom is -0.466 e. The summed E-state index contributed by atoms with van der Waals surface area (Å²) in [7, 11) is 1.35. The van der Waals surface area contributed by atoms with Crippen molar-refractivity contribution in [1.82, 2.24) is 4.90 Å². The van der Waals surface area contributed by atoms with Crippen LogP contribution in [0.1, 0.15) is 26.7 Å². The molecule has 0 rings (SSSR count). The van der Waals surface area contributed by atoms with Crippen molar-refractivity contribution < 1.29 is 14.6 Å². The van der Waals surface area contributed by atoms with Crippen molar-refractivity contribution in [2.24, 2.45) is 0 Å². The second-order valence-electron chi connectivity index (χ2n) is 3.27.